The third-order valence-corrected chi connectivity index (χ3v) is 4.38. The SMILES string of the molecule is CNc1nc(-c2ccc(C3CC3C)o2)nc2c1COCC2. The number of nitrogens with zero attached hydrogens (tertiary/aromatic N) is 2. The van der Waals surface area contributed by atoms with E-state index >= 15 is 0 Å². The van der Waals surface area contributed by atoms with Crippen LogP contribution in [0.5, 0.6) is 0 Å². The fourth-order valence-electron chi connectivity index (χ4n) is 2.94. The molecule has 5 heteroatoms. The number of hydrogen-bond acceptors (Lipinski definition) is 5. The highest BCUT2D eigenvalue weighted by Crippen LogP contribution is 2.47. The third kappa shape index (κ3) is 2.21. The Morgan fingerprint density at radius 1 is 1.29 bits per heavy atom. The van der Waals surface area contributed by atoms with Crippen LogP contribution in [-0.4, -0.2) is 23.6 Å². The summed E-state index contributed by atoms with van der Waals surface area (Å²) in [6.07, 6.45) is 2.05. The Labute approximate surface area is 123 Å². The highest BCUT2D eigenvalue weighted by molar-refractivity contribution is 5.56. The van der Waals surface area contributed by atoms with Gasteiger partial charge in [0, 0.05) is 24.9 Å². The first-order valence-corrected chi connectivity index (χ1v) is 7.51. The molecule has 2 aliphatic rings. The van der Waals surface area contributed by atoms with Crippen molar-refractivity contribution in [1.29, 1.82) is 0 Å². The Hall–Kier alpha value is -1.88. The minimum Gasteiger partial charge on any atom is -0.457 e. The molecular weight excluding hydrogens is 266 g/mol. The highest BCUT2D eigenvalue weighted by atomic mass is 16.5. The van der Waals surface area contributed by atoms with Gasteiger partial charge in [-0.15, -0.1) is 0 Å². The molecule has 2 unspecified atom stereocenters. The van der Waals surface area contributed by atoms with Crippen LogP contribution in [0.4, 0.5) is 5.82 Å². The Morgan fingerprint density at radius 2 is 2.14 bits per heavy atom. The molecule has 1 N–H and O–H groups in total. The minimum absolute atomic E-state index is 0.577. The van der Waals surface area contributed by atoms with Crippen LogP contribution in [0.25, 0.3) is 11.6 Å². The van der Waals surface area contributed by atoms with E-state index in [1.54, 1.807) is 0 Å². The molecule has 4 rings (SSSR count). The van der Waals surface area contributed by atoms with Gasteiger partial charge in [-0.05, 0) is 24.5 Å². The Balaban J connectivity index is 1.72. The van der Waals surface area contributed by atoms with Crippen LogP contribution in [-0.2, 0) is 17.8 Å². The van der Waals surface area contributed by atoms with Crippen LogP contribution in [0.3, 0.4) is 0 Å². The average Bonchev–Trinajstić information content (AvgIpc) is 3.05. The molecule has 110 valence electrons. The molecule has 1 saturated carbocycles. The minimum atomic E-state index is 0.577. The number of rotatable bonds is 3. The summed E-state index contributed by atoms with van der Waals surface area (Å²) in [7, 11) is 1.88. The monoisotopic (exact) mass is 285 g/mol. The molecule has 0 amide bonds. The second-order valence-electron chi connectivity index (χ2n) is 5.90. The molecule has 1 fully saturated rings. The van der Waals surface area contributed by atoms with Gasteiger partial charge in [0.05, 0.1) is 18.9 Å². The van der Waals surface area contributed by atoms with Gasteiger partial charge in [-0.2, -0.15) is 0 Å². The molecule has 0 radical (unpaired) electrons. The summed E-state index contributed by atoms with van der Waals surface area (Å²) in [5.74, 6) is 4.64. The molecule has 1 aliphatic carbocycles. The lowest BCUT2D eigenvalue weighted by molar-refractivity contribution is 0.109. The van der Waals surface area contributed by atoms with E-state index in [1.165, 1.54) is 6.42 Å². The first-order chi connectivity index (χ1) is 10.3. The molecular formula is C16H19N3O2. The fraction of sp³-hybridized carbons (Fsp3) is 0.500. The Kier molecular flexibility index (Phi) is 2.96. The lowest BCUT2D eigenvalue weighted by Gasteiger charge is -2.18. The maximum Gasteiger partial charge on any atom is 0.197 e. The lowest BCUT2D eigenvalue weighted by atomic mass is 10.1. The Morgan fingerprint density at radius 3 is 2.90 bits per heavy atom. The zero-order valence-corrected chi connectivity index (χ0v) is 12.3. The van der Waals surface area contributed by atoms with E-state index in [9.17, 15) is 0 Å². The van der Waals surface area contributed by atoms with Crippen LogP contribution in [0.15, 0.2) is 16.5 Å². The molecule has 2 aromatic heterocycles. The summed E-state index contributed by atoms with van der Waals surface area (Å²) in [5.41, 5.74) is 2.13. The molecule has 21 heavy (non-hydrogen) atoms. The predicted molar refractivity (Wildman–Crippen MR) is 79.2 cm³/mol. The zero-order chi connectivity index (χ0) is 14.4. The topological polar surface area (TPSA) is 60.2 Å². The molecule has 5 nitrogen and oxygen atoms in total. The first kappa shape index (κ1) is 12.8. The maximum absolute atomic E-state index is 5.97. The highest BCUT2D eigenvalue weighted by Gasteiger charge is 2.36. The summed E-state index contributed by atoms with van der Waals surface area (Å²) in [5, 5.41) is 3.14. The standard InChI is InChI=1S/C16H19N3O2/c1-9-7-10(9)13-3-4-14(21-13)16-18-12-5-6-20-8-11(12)15(17-2)19-16/h3-4,9-10H,5-8H2,1-2H3,(H,17,18,19). The van der Waals surface area contributed by atoms with E-state index in [0.717, 1.165) is 47.5 Å². The van der Waals surface area contributed by atoms with Gasteiger partial charge in [0.1, 0.15) is 11.6 Å². The van der Waals surface area contributed by atoms with Gasteiger partial charge in [-0.25, -0.2) is 9.97 Å². The second-order valence-corrected chi connectivity index (χ2v) is 5.90. The average molecular weight is 285 g/mol. The predicted octanol–water partition coefficient (Wildman–Crippen LogP) is 2.97. The first-order valence-electron chi connectivity index (χ1n) is 7.51. The number of anilines is 1. The van der Waals surface area contributed by atoms with Crippen LogP contribution in [0, 0.1) is 5.92 Å². The molecule has 0 aromatic carbocycles. The second kappa shape index (κ2) is 4.84. The summed E-state index contributed by atoms with van der Waals surface area (Å²) in [6.45, 7) is 3.55. The van der Waals surface area contributed by atoms with E-state index in [4.69, 9.17) is 9.15 Å². The molecule has 0 spiro atoms. The van der Waals surface area contributed by atoms with Crippen molar-refractivity contribution in [3.63, 3.8) is 0 Å². The molecule has 2 atom stereocenters. The van der Waals surface area contributed by atoms with Crippen molar-refractivity contribution in [1.82, 2.24) is 9.97 Å². The number of hydrogen-bond donors (Lipinski definition) is 1. The number of nitrogens with one attached hydrogen (secondary N) is 1. The van der Waals surface area contributed by atoms with Gasteiger partial charge in [-0.1, -0.05) is 6.92 Å². The molecule has 1 aliphatic heterocycles. The summed E-state index contributed by atoms with van der Waals surface area (Å²) in [6, 6.07) is 4.05. The van der Waals surface area contributed by atoms with Crippen molar-refractivity contribution in [2.75, 3.05) is 19.0 Å². The van der Waals surface area contributed by atoms with Crippen molar-refractivity contribution in [3.8, 4) is 11.6 Å². The van der Waals surface area contributed by atoms with Gasteiger partial charge >= 0.3 is 0 Å². The van der Waals surface area contributed by atoms with E-state index in [-0.39, 0.29) is 0 Å². The smallest absolute Gasteiger partial charge is 0.197 e. The normalized spacial score (nSPS) is 23.7. The lowest BCUT2D eigenvalue weighted by Crippen LogP contribution is -2.16. The van der Waals surface area contributed by atoms with Crippen LogP contribution in [0.2, 0.25) is 0 Å². The zero-order valence-electron chi connectivity index (χ0n) is 12.3. The van der Waals surface area contributed by atoms with Gasteiger partial charge in [0.2, 0.25) is 0 Å². The third-order valence-electron chi connectivity index (χ3n) is 4.38. The Bertz CT molecular complexity index is 663. The van der Waals surface area contributed by atoms with E-state index in [0.29, 0.717) is 18.3 Å². The number of furan rings is 1. The van der Waals surface area contributed by atoms with Crippen molar-refractivity contribution in [3.05, 3.63) is 29.2 Å². The van der Waals surface area contributed by atoms with Crippen molar-refractivity contribution in [2.24, 2.45) is 5.92 Å². The van der Waals surface area contributed by atoms with Gasteiger partial charge in [0.25, 0.3) is 0 Å². The van der Waals surface area contributed by atoms with Crippen LogP contribution < -0.4 is 5.32 Å². The molecule has 0 bridgehead atoms. The van der Waals surface area contributed by atoms with Crippen molar-refractivity contribution < 1.29 is 9.15 Å². The van der Waals surface area contributed by atoms with E-state index in [2.05, 4.69) is 28.3 Å². The molecule has 0 saturated heterocycles. The van der Waals surface area contributed by atoms with Crippen LogP contribution >= 0.6 is 0 Å². The van der Waals surface area contributed by atoms with Crippen molar-refractivity contribution in [2.45, 2.75) is 32.3 Å². The van der Waals surface area contributed by atoms with Gasteiger partial charge < -0.3 is 14.5 Å². The quantitative estimate of drug-likeness (QED) is 0.939. The van der Waals surface area contributed by atoms with Gasteiger partial charge in [-0.3, -0.25) is 0 Å². The summed E-state index contributed by atoms with van der Waals surface area (Å²) >= 11 is 0. The summed E-state index contributed by atoms with van der Waals surface area (Å²) in [4.78, 5) is 9.27. The number of aromatic nitrogens is 2. The largest absolute Gasteiger partial charge is 0.457 e. The summed E-state index contributed by atoms with van der Waals surface area (Å²) < 4.78 is 11.5. The van der Waals surface area contributed by atoms with E-state index in [1.807, 2.05) is 13.1 Å². The number of fused-ring (bicyclic) bond motifs is 1. The van der Waals surface area contributed by atoms with Crippen LogP contribution in [0.1, 0.15) is 36.3 Å². The number of ether oxygens (including phenoxy) is 1. The molecule has 2 aromatic rings. The fourth-order valence-corrected chi connectivity index (χ4v) is 2.94. The van der Waals surface area contributed by atoms with Gasteiger partial charge in [0.15, 0.2) is 11.6 Å². The molecule has 3 heterocycles. The van der Waals surface area contributed by atoms with Crippen molar-refractivity contribution >= 4 is 5.82 Å². The van der Waals surface area contributed by atoms with E-state index < -0.39 is 0 Å². The maximum atomic E-state index is 5.97.